The monoisotopic (exact) mass is 229 g/mol. The summed E-state index contributed by atoms with van der Waals surface area (Å²) in [5.74, 6) is -0.276. The molecular weight excluding hydrogens is 202 g/mol. The minimum absolute atomic E-state index is 0.276. The standard InChI is InChI=1S/C12H27N3O/c1-5-7-9-15(6-2)10-8-12(3,14-4)11(13)16/h14H,5-10H2,1-4H3,(H2,13,16). The van der Waals surface area contributed by atoms with E-state index in [0.717, 1.165) is 26.1 Å². The van der Waals surface area contributed by atoms with Gasteiger partial charge in [-0.05, 0) is 39.9 Å². The molecular formula is C12H27N3O. The summed E-state index contributed by atoms with van der Waals surface area (Å²) < 4.78 is 0. The van der Waals surface area contributed by atoms with Crippen molar-refractivity contribution in [2.24, 2.45) is 5.73 Å². The Morgan fingerprint density at radius 2 is 2.00 bits per heavy atom. The first-order valence-corrected chi connectivity index (χ1v) is 6.21. The van der Waals surface area contributed by atoms with E-state index in [1.165, 1.54) is 12.8 Å². The summed E-state index contributed by atoms with van der Waals surface area (Å²) in [6, 6.07) is 0. The number of carbonyl (C=O) groups excluding carboxylic acids is 1. The van der Waals surface area contributed by atoms with E-state index in [9.17, 15) is 4.79 Å². The lowest BCUT2D eigenvalue weighted by Gasteiger charge is -2.29. The van der Waals surface area contributed by atoms with Gasteiger partial charge in [-0.25, -0.2) is 0 Å². The highest BCUT2D eigenvalue weighted by molar-refractivity contribution is 5.84. The van der Waals surface area contributed by atoms with Gasteiger partial charge >= 0.3 is 0 Å². The van der Waals surface area contributed by atoms with Crippen molar-refractivity contribution < 1.29 is 4.79 Å². The Labute approximate surface area is 99.6 Å². The van der Waals surface area contributed by atoms with Gasteiger partial charge in [-0.3, -0.25) is 4.79 Å². The van der Waals surface area contributed by atoms with Gasteiger partial charge in [0.1, 0.15) is 0 Å². The summed E-state index contributed by atoms with van der Waals surface area (Å²) in [6.45, 7) is 9.25. The normalized spacial score (nSPS) is 15.1. The largest absolute Gasteiger partial charge is 0.368 e. The van der Waals surface area contributed by atoms with E-state index in [4.69, 9.17) is 5.73 Å². The Balaban J connectivity index is 4.12. The summed E-state index contributed by atoms with van der Waals surface area (Å²) in [7, 11) is 1.78. The number of likely N-dealkylation sites (N-methyl/N-ethyl adjacent to an activating group) is 1. The molecule has 0 aliphatic rings. The highest BCUT2D eigenvalue weighted by Gasteiger charge is 2.28. The lowest BCUT2D eigenvalue weighted by Crippen LogP contribution is -2.53. The highest BCUT2D eigenvalue weighted by atomic mass is 16.1. The molecule has 0 aliphatic carbocycles. The van der Waals surface area contributed by atoms with E-state index in [-0.39, 0.29) is 5.91 Å². The molecule has 96 valence electrons. The van der Waals surface area contributed by atoms with Gasteiger partial charge in [0, 0.05) is 6.54 Å². The van der Waals surface area contributed by atoms with Gasteiger partial charge in [-0.15, -0.1) is 0 Å². The molecule has 0 saturated carbocycles. The molecule has 0 spiro atoms. The van der Waals surface area contributed by atoms with Crippen molar-refractivity contribution in [2.75, 3.05) is 26.7 Å². The van der Waals surface area contributed by atoms with Crippen LogP contribution in [0.15, 0.2) is 0 Å². The van der Waals surface area contributed by atoms with Crippen molar-refractivity contribution in [3.05, 3.63) is 0 Å². The first kappa shape index (κ1) is 15.4. The van der Waals surface area contributed by atoms with E-state index in [0.29, 0.717) is 0 Å². The maximum atomic E-state index is 11.3. The second kappa shape index (κ2) is 7.63. The Morgan fingerprint density at radius 1 is 1.38 bits per heavy atom. The smallest absolute Gasteiger partial charge is 0.237 e. The molecule has 4 heteroatoms. The maximum Gasteiger partial charge on any atom is 0.237 e. The highest BCUT2D eigenvalue weighted by Crippen LogP contribution is 2.09. The third-order valence-electron chi connectivity index (χ3n) is 3.30. The molecule has 0 rings (SSSR count). The molecule has 0 aromatic rings. The van der Waals surface area contributed by atoms with Gasteiger partial charge in [0.25, 0.3) is 0 Å². The molecule has 0 aliphatic heterocycles. The van der Waals surface area contributed by atoms with E-state index in [1.54, 1.807) is 7.05 Å². The molecule has 16 heavy (non-hydrogen) atoms. The number of hydrogen-bond donors (Lipinski definition) is 2. The van der Waals surface area contributed by atoms with Crippen LogP contribution in [0.4, 0.5) is 0 Å². The van der Waals surface area contributed by atoms with Crippen molar-refractivity contribution in [1.82, 2.24) is 10.2 Å². The molecule has 1 atom stereocenters. The van der Waals surface area contributed by atoms with Crippen LogP contribution in [-0.4, -0.2) is 43.0 Å². The van der Waals surface area contributed by atoms with Crippen LogP contribution in [0.3, 0.4) is 0 Å². The molecule has 0 radical (unpaired) electrons. The van der Waals surface area contributed by atoms with Crippen molar-refractivity contribution in [3.63, 3.8) is 0 Å². The zero-order chi connectivity index (χ0) is 12.6. The van der Waals surface area contributed by atoms with Gasteiger partial charge in [0.05, 0.1) is 5.54 Å². The van der Waals surface area contributed by atoms with Gasteiger partial charge in [0.15, 0.2) is 0 Å². The van der Waals surface area contributed by atoms with Crippen LogP contribution in [0, 0.1) is 0 Å². The predicted molar refractivity (Wildman–Crippen MR) is 68.3 cm³/mol. The summed E-state index contributed by atoms with van der Waals surface area (Å²) in [5.41, 5.74) is 4.81. The summed E-state index contributed by atoms with van der Waals surface area (Å²) >= 11 is 0. The van der Waals surface area contributed by atoms with Crippen LogP contribution in [-0.2, 0) is 4.79 Å². The fourth-order valence-corrected chi connectivity index (χ4v) is 1.56. The van der Waals surface area contributed by atoms with Crippen LogP contribution in [0.1, 0.15) is 40.0 Å². The SMILES string of the molecule is CCCCN(CC)CCC(C)(NC)C(N)=O. The molecule has 3 N–H and O–H groups in total. The molecule has 0 aromatic carbocycles. The molecule has 4 nitrogen and oxygen atoms in total. The summed E-state index contributed by atoms with van der Waals surface area (Å²) in [4.78, 5) is 13.7. The van der Waals surface area contributed by atoms with Gasteiger partial charge < -0.3 is 16.0 Å². The van der Waals surface area contributed by atoms with Crippen LogP contribution >= 0.6 is 0 Å². The second-order valence-electron chi connectivity index (χ2n) is 4.48. The Bertz CT molecular complexity index is 208. The zero-order valence-electron chi connectivity index (χ0n) is 11.2. The summed E-state index contributed by atoms with van der Waals surface area (Å²) in [5, 5.41) is 3.01. The number of rotatable bonds is 9. The third-order valence-corrected chi connectivity index (χ3v) is 3.30. The topological polar surface area (TPSA) is 58.4 Å². The minimum atomic E-state index is -0.584. The third kappa shape index (κ3) is 4.94. The molecule has 0 bridgehead atoms. The number of nitrogens with zero attached hydrogens (tertiary/aromatic N) is 1. The molecule has 0 fully saturated rings. The number of nitrogens with one attached hydrogen (secondary N) is 1. The number of unbranched alkanes of at least 4 members (excludes halogenated alkanes) is 1. The minimum Gasteiger partial charge on any atom is -0.368 e. The van der Waals surface area contributed by atoms with Gasteiger partial charge in [0.2, 0.25) is 5.91 Å². The summed E-state index contributed by atoms with van der Waals surface area (Å²) in [6.07, 6.45) is 3.17. The second-order valence-corrected chi connectivity index (χ2v) is 4.48. The molecule has 0 aromatic heterocycles. The van der Waals surface area contributed by atoms with Crippen molar-refractivity contribution in [3.8, 4) is 0 Å². The van der Waals surface area contributed by atoms with Crippen LogP contribution < -0.4 is 11.1 Å². The van der Waals surface area contributed by atoms with E-state index in [2.05, 4.69) is 24.1 Å². The number of hydrogen-bond acceptors (Lipinski definition) is 3. The molecule has 0 saturated heterocycles. The van der Waals surface area contributed by atoms with Gasteiger partial charge in [-0.2, -0.15) is 0 Å². The van der Waals surface area contributed by atoms with E-state index < -0.39 is 5.54 Å². The fourth-order valence-electron chi connectivity index (χ4n) is 1.56. The lowest BCUT2D eigenvalue weighted by molar-refractivity contribution is -0.124. The Kier molecular flexibility index (Phi) is 7.34. The van der Waals surface area contributed by atoms with Crippen LogP contribution in [0.5, 0.6) is 0 Å². The van der Waals surface area contributed by atoms with E-state index >= 15 is 0 Å². The van der Waals surface area contributed by atoms with Crippen LogP contribution in [0.2, 0.25) is 0 Å². The number of carbonyl (C=O) groups is 1. The van der Waals surface area contributed by atoms with Gasteiger partial charge in [-0.1, -0.05) is 20.3 Å². The Morgan fingerprint density at radius 3 is 2.38 bits per heavy atom. The quantitative estimate of drug-likeness (QED) is 0.619. The van der Waals surface area contributed by atoms with Crippen LogP contribution in [0.25, 0.3) is 0 Å². The maximum absolute atomic E-state index is 11.3. The first-order chi connectivity index (χ1) is 7.50. The lowest BCUT2D eigenvalue weighted by atomic mass is 9.97. The van der Waals surface area contributed by atoms with Crippen molar-refractivity contribution >= 4 is 5.91 Å². The number of nitrogens with two attached hydrogens (primary N) is 1. The van der Waals surface area contributed by atoms with E-state index in [1.807, 2.05) is 6.92 Å². The van der Waals surface area contributed by atoms with Crippen molar-refractivity contribution in [2.45, 2.75) is 45.6 Å². The number of primary amides is 1. The fraction of sp³-hybridized carbons (Fsp3) is 0.917. The number of amides is 1. The van der Waals surface area contributed by atoms with Crippen molar-refractivity contribution in [1.29, 1.82) is 0 Å². The molecule has 1 unspecified atom stereocenters. The average molecular weight is 229 g/mol. The Hall–Kier alpha value is -0.610. The average Bonchev–Trinajstić information content (AvgIpc) is 2.28. The molecule has 0 heterocycles. The predicted octanol–water partition coefficient (Wildman–Crippen LogP) is 0.962. The first-order valence-electron chi connectivity index (χ1n) is 6.21. The molecule has 1 amide bonds. The zero-order valence-corrected chi connectivity index (χ0v) is 11.2.